The highest BCUT2D eigenvalue weighted by atomic mass is 16.5. The molecule has 106 valence electrons. The van der Waals surface area contributed by atoms with E-state index < -0.39 is 0 Å². The molecular weight excluding hydrogens is 258 g/mol. The van der Waals surface area contributed by atoms with Crippen LogP contribution in [-0.4, -0.2) is 13.6 Å². The molecule has 3 aromatic carbocycles. The first-order valence-corrected chi connectivity index (χ1v) is 7.22. The molecule has 0 radical (unpaired) electrons. The van der Waals surface area contributed by atoms with Crippen molar-refractivity contribution >= 4 is 10.8 Å². The van der Waals surface area contributed by atoms with Gasteiger partial charge >= 0.3 is 0 Å². The van der Waals surface area contributed by atoms with Crippen LogP contribution in [0.4, 0.5) is 0 Å². The Balaban J connectivity index is 1.95. The lowest BCUT2D eigenvalue weighted by Crippen LogP contribution is -2.21. The summed E-state index contributed by atoms with van der Waals surface area (Å²) in [5.41, 5.74) is 1.18. The SMILES string of the molecule is CNCC(Oc1cccc2ccccc12)c1ccccc1. The zero-order valence-corrected chi connectivity index (χ0v) is 12.1. The van der Waals surface area contributed by atoms with Crippen LogP contribution in [0.5, 0.6) is 5.75 Å². The van der Waals surface area contributed by atoms with Crippen LogP contribution >= 0.6 is 0 Å². The van der Waals surface area contributed by atoms with Gasteiger partial charge in [-0.1, -0.05) is 66.7 Å². The Morgan fingerprint density at radius 2 is 1.57 bits per heavy atom. The largest absolute Gasteiger partial charge is 0.484 e. The maximum atomic E-state index is 6.29. The zero-order chi connectivity index (χ0) is 14.5. The maximum Gasteiger partial charge on any atom is 0.136 e. The highest BCUT2D eigenvalue weighted by molar-refractivity contribution is 5.88. The summed E-state index contributed by atoms with van der Waals surface area (Å²) in [5, 5.41) is 5.56. The van der Waals surface area contributed by atoms with E-state index in [0.717, 1.165) is 17.7 Å². The highest BCUT2D eigenvalue weighted by Crippen LogP contribution is 2.29. The summed E-state index contributed by atoms with van der Waals surface area (Å²) in [6, 6.07) is 24.8. The zero-order valence-electron chi connectivity index (χ0n) is 12.1. The molecule has 0 heterocycles. The number of ether oxygens (including phenoxy) is 1. The molecule has 0 aliphatic carbocycles. The third-order valence-corrected chi connectivity index (χ3v) is 3.58. The molecule has 3 rings (SSSR count). The molecule has 0 saturated carbocycles. The summed E-state index contributed by atoms with van der Waals surface area (Å²) in [5.74, 6) is 0.928. The van der Waals surface area contributed by atoms with Crippen molar-refractivity contribution in [3.8, 4) is 5.75 Å². The lowest BCUT2D eigenvalue weighted by atomic mass is 10.1. The minimum Gasteiger partial charge on any atom is -0.484 e. The summed E-state index contributed by atoms with van der Waals surface area (Å²) in [4.78, 5) is 0. The van der Waals surface area contributed by atoms with Gasteiger partial charge in [-0.3, -0.25) is 0 Å². The molecule has 0 spiro atoms. The van der Waals surface area contributed by atoms with Crippen molar-refractivity contribution in [2.45, 2.75) is 6.10 Å². The normalized spacial score (nSPS) is 12.2. The molecule has 0 bridgehead atoms. The summed E-state index contributed by atoms with van der Waals surface area (Å²) >= 11 is 0. The van der Waals surface area contributed by atoms with E-state index in [1.807, 2.05) is 49.5 Å². The van der Waals surface area contributed by atoms with Gasteiger partial charge in [0.05, 0.1) is 0 Å². The number of rotatable bonds is 5. The molecule has 1 N–H and O–H groups in total. The van der Waals surface area contributed by atoms with Gasteiger partial charge in [-0.15, -0.1) is 0 Å². The van der Waals surface area contributed by atoms with E-state index in [9.17, 15) is 0 Å². The van der Waals surface area contributed by atoms with Crippen LogP contribution in [-0.2, 0) is 0 Å². The minimum absolute atomic E-state index is 0.00186. The fourth-order valence-corrected chi connectivity index (χ4v) is 2.53. The number of benzene rings is 3. The van der Waals surface area contributed by atoms with E-state index in [0.29, 0.717) is 0 Å². The number of fused-ring (bicyclic) bond motifs is 1. The van der Waals surface area contributed by atoms with Crippen molar-refractivity contribution < 1.29 is 4.74 Å². The average Bonchev–Trinajstić information content (AvgIpc) is 2.55. The predicted octanol–water partition coefficient (Wildman–Crippen LogP) is 4.18. The number of hydrogen-bond acceptors (Lipinski definition) is 2. The van der Waals surface area contributed by atoms with Gasteiger partial charge in [-0.25, -0.2) is 0 Å². The molecular formula is C19H19NO. The number of nitrogens with one attached hydrogen (secondary N) is 1. The molecule has 1 atom stereocenters. The van der Waals surface area contributed by atoms with Crippen LogP contribution in [0.1, 0.15) is 11.7 Å². The third kappa shape index (κ3) is 3.06. The molecule has 3 aromatic rings. The van der Waals surface area contributed by atoms with Gasteiger partial charge in [0.2, 0.25) is 0 Å². The lowest BCUT2D eigenvalue weighted by molar-refractivity contribution is 0.207. The van der Waals surface area contributed by atoms with Gasteiger partial charge in [0.1, 0.15) is 11.9 Å². The van der Waals surface area contributed by atoms with Gasteiger partial charge in [-0.05, 0) is 24.1 Å². The van der Waals surface area contributed by atoms with Crippen molar-refractivity contribution in [1.29, 1.82) is 0 Å². The van der Waals surface area contributed by atoms with Crippen molar-refractivity contribution in [1.82, 2.24) is 5.32 Å². The van der Waals surface area contributed by atoms with E-state index in [1.54, 1.807) is 0 Å². The quantitative estimate of drug-likeness (QED) is 0.755. The average molecular weight is 277 g/mol. The first kappa shape index (κ1) is 13.7. The Labute approximate surface area is 125 Å². The Kier molecular flexibility index (Phi) is 4.17. The van der Waals surface area contributed by atoms with Crippen LogP contribution in [0.25, 0.3) is 10.8 Å². The van der Waals surface area contributed by atoms with Gasteiger partial charge in [0, 0.05) is 11.9 Å². The second-order valence-electron chi connectivity index (χ2n) is 5.05. The van der Waals surface area contributed by atoms with Gasteiger partial charge in [-0.2, -0.15) is 0 Å². The second-order valence-corrected chi connectivity index (χ2v) is 5.05. The Bertz CT molecular complexity index is 704. The third-order valence-electron chi connectivity index (χ3n) is 3.58. The molecule has 2 nitrogen and oxygen atoms in total. The molecule has 0 aromatic heterocycles. The lowest BCUT2D eigenvalue weighted by Gasteiger charge is -2.20. The fraction of sp³-hybridized carbons (Fsp3) is 0.158. The fourth-order valence-electron chi connectivity index (χ4n) is 2.53. The maximum absolute atomic E-state index is 6.29. The van der Waals surface area contributed by atoms with E-state index in [4.69, 9.17) is 4.74 Å². The first-order valence-electron chi connectivity index (χ1n) is 7.22. The predicted molar refractivity (Wildman–Crippen MR) is 87.7 cm³/mol. The van der Waals surface area contributed by atoms with Crippen LogP contribution in [0.2, 0.25) is 0 Å². The molecule has 0 saturated heterocycles. The first-order chi connectivity index (χ1) is 10.4. The van der Waals surface area contributed by atoms with Gasteiger partial charge < -0.3 is 10.1 Å². The smallest absolute Gasteiger partial charge is 0.136 e. The van der Waals surface area contributed by atoms with Crippen molar-refractivity contribution in [2.75, 3.05) is 13.6 Å². The Hall–Kier alpha value is -2.32. The van der Waals surface area contributed by atoms with Crippen LogP contribution in [0, 0.1) is 0 Å². The van der Waals surface area contributed by atoms with Crippen LogP contribution in [0.3, 0.4) is 0 Å². The number of hydrogen-bond donors (Lipinski definition) is 1. The van der Waals surface area contributed by atoms with Crippen molar-refractivity contribution in [3.63, 3.8) is 0 Å². The standard InChI is InChI=1S/C19H19NO/c1-20-14-19(16-9-3-2-4-10-16)21-18-13-7-11-15-8-5-6-12-17(15)18/h2-13,19-20H,14H2,1H3. The van der Waals surface area contributed by atoms with Crippen LogP contribution in [0.15, 0.2) is 72.8 Å². The summed E-state index contributed by atoms with van der Waals surface area (Å²) in [6.07, 6.45) is 0.00186. The highest BCUT2D eigenvalue weighted by Gasteiger charge is 2.13. The molecule has 0 amide bonds. The Morgan fingerprint density at radius 1 is 0.857 bits per heavy atom. The van der Waals surface area contributed by atoms with E-state index >= 15 is 0 Å². The Morgan fingerprint density at radius 3 is 2.38 bits per heavy atom. The van der Waals surface area contributed by atoms with E-state index in [2.05, 4.69) is 35.6 Å². The molecule has 0 aliphatic heterocycles. The molecule has 0 aliphatic rings. The minimum atomic E-state index is 0.00186. The van der Waals surface area contributed by atoms with E-state index in [1.165, 1.54) is 10.9 Å². The van der Waals surface area contributed by atoms with Crippen molar-refractivity contribution in [2.24, 2.45) is 0 Å². The summed E-state index contributed by atoms with van der Waals surface area (Å²) in [6.45, 7) is 0.771. The van der Waals surface area contributed by atoms with Crippen molar-refractivity contribution in [3.05, 3.63) is 78.4 Å². The molecule has 1 unspecified atom stereocenters. The van der Waals surface area contributed by atoms with E-state index in [-0.39, 0.29) is 6.10 Å². The topological polar surface area (TPSA) is 21.3 Å². The summed E-state index contributed by atoms with van der Waals surface area (Å²) in [7, 11) is 1.95. The van der Waals surface area contributed by atoms with Gasteiger partial charge in [0.25, 0.3) is 0 Å². The molecule has 0 fully saturated rings. The molecule has 2 heteroatoms. The number of likely N-dealkylation sites (N-methyl/N-ethyl adjacent to an activating group) is 1. The molecule has 21 heavy (non-hydrogen) atoms. The second kappa shape index (κ2) is 6.42. The summed E-state index contributed by atoms with van der Waals surface area (Å²) < 4.78 is 6.29. The monoisotopic (exact) mass is 277 g/mol. The van der Waals surface area contributed by atoms with Crippen LogP contribution < -0.4 is 10.1 Å². The van der Waals surface area contributed by atoms with Gasteiger partial charge in [0.15, 0.2) is 0 Å².